The highest BCUT2D eigenvalue weighted by Gasteiger charge is 2.02. The molecule has 0 bridgehead atoms. The molecule has 1 aromatic heterocycles. The van der Waals surface area contributed by atoms with Crippen LogP contribution in [0.4, 0.5) is 0 Å². The van der Waals surface area contributed by atoms with Crippen molar-refractivity contribution in [3.8, 4) is 6.01 Å². The third-order valence-electron chi connectivity index (χ3n) is 1.39. The van der Waals surface area contributed by atoms with Crippen molar-refractivity contribution in [1.29, 1.82) is 0 Å². The number of hydrogen-bond acceptors (Lipinski definition) is 4. The van der Waals surface area contributed by atoms with Gasteiger partial charge in [-0.25, -0.2) is 0 Å². The first kappa shape index (κ1) is 8.99. The van der Waals surface area contributed by atoms with Crippen LogP contribution in [-0.2, 0) is 11.3 Å². The van der Waals surface area contributed by atoms with E-state index in [0.717, 1.165) is 6.54 Å². The fourth-order valence-electron chi connectivity index (χ4n) is 0.828. The highest BCUT2D eigenvalue weighted by Crippen LogP contribution is 2.03. The molecule has 1 aromatic rings. The number of nitrogens with zero attached hydrogens (tertiary/aromatic N) is 3. The Morgan fingerprint density at radius 2 is 2.42 bits per heavy atom. The van der Waals surface area contributed by atoms with E-state index in [2.05, 4.69) is 10.2 Å². The van der Waals surface area contributed by atoms with Crippen molar-refractivity contribution in [2.24, 2.45) is 0 Å². The van der Waals surface area contributed by atoms with Crippen LogP contribution in [-0.4, -0.2) is 35.1 Å². The molecule has 0 aliphatic carbocycles. The molecule has 0 amide bonds. The minimum absolute atomic E-state index is 0.551. The standard InChI is InChI=1S/C7H13N3O2/c1-3-12-7-9-8-6-10(7)4-5-11-2/h6H,3-5H2,1-2H3. The molecular formula is C7H13N3O2. The van der Waals surface area contributed by atoms with Gasteiger partial charge >= 0.3 is 6.01 Å². The maximum absolute atomic E-state index is 5.21. The second-order valence-electron chi connectivity index (χ2n) is 2.23. The minimum Gasteiger partial charge on any atom is -0.464 e. The Morgan fingerprint density at radius 1 is 1.58 bits per heavy atom. The Hall–Kier alpha value is -1.10. The summed E-state index contributed by atoms with van der Waals surface area (Å²) in [7, 11) is 1.66. The van der Waals surface area contributed by atoms with E-state index in [1.807, 2.05) is 11.5 Å². The van der Waals surface area contributed by atoms with E-state index >= 15 is 0 Å². The average Bonchev–Trinajstić information content (AvgIpc) is 2.50. The summed E-state index contributed by atoms with van der Waals surface area (Å²) in [6.45, 7) is 3.87. The summed E-state index contributed by atoms with van der Waals surface area (Å²) >= 11 is 0. The summed E-state index contributed by atoms with van der Waals surface area (Å²) in [4.78, 5) is 0. The smallest absolute Gasteiger partial charge is 0.316 e. The summed E-state index contributed by atoms with van der Waals surface area (Å²) < 4.78 is 11.9. The molecule has 0 saturated carbocycles. The molecule has 1 rings (SSSR count). The Bertz CT molecular complexity index is 224. The molecule has 5 heteroatoms. The summed E-state index contributed by atoms with van der Waals surface area (Å²) in [5, 5.41) is 7.52. The second-order valence-corrected chi connectivity index (χ2v) is 2.23. The number of hydrogen-bond donors (Lipinski definition) is 0. The lowest BCUT2D eigenvalue weighted by Crippen LogP contribution is -2.06. The summed E-state index contributed by atoms with van der Waals surface area (Å²) in [5.74, 6) is 0. The zero-order chi connectivity index (χ0) is 8.81. The van der Waals surface area contributed by atoms with Crippen molar-refractivity contribution in [1.82, 2.24) is 14.8 Å². The first-order valence-electron chi connectivity index (χ1n) is 3.88. The van der Waals surface area contributed by atoms with Gasteiger partial charge in [0.1, 0.15) is 6.33 Å². The fourth-order valence-corrected chi connectivity index (χ4v) is 0.828. The average molecular weight is 171 g/mol. The van der Waals surface area contributed by atoms with Crippen LogP contribution in [0.15, 0.2) is 6.33 Å². The summed E-state index contributed by atoms with van der Waals surface area (Å²) in [6.07, 6.45) is 1.63. The van der Waals surface area contributed by atoms with Crippen LogP contribution >= 0.6 is 0 Å². The van der Waals surface area contributed by atoms with Gasteiger partial charge in [0.2, 0.25) is 0 Å². The molecule has 5 nitrogen and oxygen atoms in total. The third-order valence-corrected chi connectivity index (χ3v) is 1.39. The van der Waals surface area contributed by atoms with Crippen molar-refractivity contribution >= 4 is 0 Å². The molecule has 68 valence electrons. The first-order valence-corrected chi connectivity index (χ1v) is 3.88. The van der Waals surface area contributed by atoms with E-state index in [0.29, 0.717) is 19.2 Å². The number of aromatic nitrogens is 3. The van der Waals surface area contributed by atoms with Crippen LogP contribution < -0.4 is 4.74 Å². The van der Waals surface area contributed by atoms with Crippen molar-refractivity contribution < 1.29 is 9.47 Å². The van der Waals surface area contributed by atoms with Gasteiger partial charge < -0.3 is 9.47 Å². The highest BCUT2D eigenvalue weighted by atomic mass is 16.5. The Kier molecular flexibility index (Phi) is 3.53. The van der Waals surface area contributed by atoms with Crippen LogP contribution in [0.25, 0.3) is 0 Å². The molecule has 0 aromatic carbocycles. The van der Waals surface area contributed by atoms with Gasteiger partial charge in [-0.05, 0) is 6.92 Å². The number of methoxy groups -OCH3 is 1. The Balaban J connectivity index is 2.51. The molecule has 12 heavy (non-hydrogen) atoms. The van der Waals surface area contributed by atoms with E-state index in [1.165, 1.54) is 0 Å². The molecule has 0 aliphatic rings. The van der Waals surface area contributed by atoms with Crippen LogP contribution in [0.1, 0.15) is 6.92 Å². The van der Waals surface area contributed by atoms with Gasteiger partial charge in [-0.2, -0.15) is 0 Å². The van der Waals surface area contributed by atoms with Gasteiger partial charge in [-0.3, -0.25) is 4.57 Å². The number of rotatable bonds is 5. The van der Waals surface area contributed by atoms with Crippen molar-refractivity contribution in [3.63, 3.8) is 0 Å². The normalized spacial score (nSPS) is 10.2. The molecule has 0 radical (unpaired) electrons. The molecule has 0 aliphatic heterocycles. The lowest BCUT2D eigenvalue weighted by molar-refractivity contribution is 0.181. The lowest BCUT2D eigenvalue weighted by Gasteiger charge is -2.04. The monoisotopic (exact) mass is 171 g/mol. The van der Waals surface area contributed by atoms with Crippen LogP contribution in [0, 0.1) is 0 Å². The van der Waals surface area contributed by atoms with Crippen LogP contribution in [0.3, 0.4) is 0 Å². The molecular weight excluding hydrogens is 158 g/mol. The highest BCUT2D eigenvalue weighted by molar-refractivity contribution is 4.91. The maximum Gasteiger partial charge on any atom is 0.316 e. The second kappa shape index (κ2) is 4.71. The Labute approximate surface area is 71.3 Å². The van der Waals surface area contributed by atoms with Crippen molar-refractivity contribution in [2.45, 2.75) is 13.5 Å². The van der Waals surface area contributed by atoms with Crippen molar-refractivity contribution in [3.05, 3.63) is 6.33 Å². The van der Waals surface area contributed by atoms with Gasteiger partial charge in [0, 0.05) is 7.11 Å². The van der Waals surface area contributed by atoms with Gasteiger partial charge in [0.05, 0.1) is 19.8 Å². The zero-order valence-corrected chi connectivity index (χ0v) is 7.36. The number of ether oxygens (including phenoxy) is 2. The molecule has 0 spiro atoms. The van der Waals surface area contributed by atoms with Crippen LogP contribution in [0.2, 0.25) is 0 Å². The maximum atomic E-state index is 5.21. The quantitative estimate of drug-likeness (QED) is 0.640. The van der Waals surface area contributed by atoms with Crippen molar-refractivity contribution in [2.75, 3.05) is 20.3 Å². The lowest BCUT2D eigenvalue weighted by atomic mass is 10.7. The van der Waals surface area contributed by atoms with Crippen LogP contribution in [0.5, 0.6) is 6.01 Å². The van der Waals surface area contributed by atoms with E-state index in [1.54, 1.807) is 13.4 Å². The Morgan fingerprint density at radius 3 is 3.08 bits per heavy atom. The van der Waals surface area contributed by atoms with Gasteiger partial charge in [-0.15, -0.1) is 5.10 Å². The molecule has 0 saturated heterocycles. The minimum atomic E-state index is 0.551. The molecule has 0 unspecified atom stereocenters. The molecule has 0 atom stereocenters. The predicted molar refractivity (Wildman–Crippen MR) is 43.1 cm³/mol. The zero-order valence-electron chi connectivity index (χ0n) is 7.36. The summed E-state index contributed by atoms with van der Waals surface area (Å²) in [5.41, 5.74) is 0. The molecule has 1 heterocycles. The molecule has 0 fully saturated rings. The summed E-state index contributed by atoms with van der Waals surface area (Å²) in [6, 6.07) is 0.551. The van der Waals surface area contributed by atoms with E-state index in [-0.39, 0.29) is 0 Å². The first-order chi connectivity index (χ1) is 5.88. The SMILES string of the molecule is CCOc1nncn1CCOC. The van der Waals surface area contributed by atoms with Gasteiger partial charge in [0.15, 0.2) is 0 Å². The predicted octanol–water partition coefficient (Wildman–Crippen LogP) is 0.323. The third kappa shape index (κ3) is 2.20. The van der Waals surface area contributed by atoms with E-state index < -0.39 is 0 Å². The largest absolute Gasteiger partial charge is 0.464 e. The topological polar surface area (TPSA) is 49.2 Å². The molecule has 0 N–H and O–H groups in total. The van der Waals surface area contributed by atoms with Gasteiger partial charge in [0.25, 0.3) is 0 Å². The van der Waals surface area contributed by atoms with E-state index in [9.17, 15) is 0 Å². The van der Waals surface area contributed by atoms with E-state index in [4.69, 9.17) is 9.47 Å². The van der Waals surface area contributed by atoms with Gasteiger partial charge in [-0.1, -0.05) is 5.10 Å². The fraction of sp³-hybridized carbons (Fsp3) is 0.714.